The zero-order valence-corrected chi connectivity index (χ0v) is 12.7. The second-order valence-corrected chi connectivity index (χ2v) is 7.66. The number of benzene rings is 1. The van der Waals surface area contributed by atoms with Gasteiger partial charge in [0, 0.05) is 30.1 Å². The van der Waals surface area contributed by atoms with Gasteiger partial charge in [0.05, 0.1) is 19.1 Å². The topological polar surface area (TPSA) is 24.7 Å². The molecule has 0 radical (unpaired) electrons. The zero-order valence-electron chi connectivity index (χ0n) is 12.7. The van der Waals surface area contributed by atoms with Gasteiger partial charge in [-0.15, -0.1) is 0 Å². The van der Waals surface area contributed by atoms with E-state index in [9.17, 15) is 5.11 Å². The first-order chi connectivity index (χ1) is 9.58. The molecule has 20 heavy (non-hydrogen) atoms. The Balaban J connectivity index is 1.71. The standard InChI is InChI=1S/C18H25NO/c1-12-17-9-14-5-6-15(20)10-16(14)18(12,2)7-8-19(17)11-13-3-4-13/h5-6,10,12-13,17,20H,3-4,7-9,11H2,1-2H3/p+1/t12-,17-,18-/m1/s1. The lowest BCUT2D eigenvalue weighted by Crippen LogP contribution is -3.19. The van der Waals surface area contributed by atoms with E-state index in [1.165, 1.54) is 49.9 Å². The Kier molecular flexibility index (Phi) is 2.69. The van der Waals surface area contributed by atoms with E-state index in [2.05, 4.69) is 19.9 Å². The normalized spacial score (nSPS) is 39.4. The molecule has 1 aromatic rings. The number of rotatable bonds is 2. The maximum Gasteiger partial charge on any atom is 0.115 e. The Labute approximate surface area is 121 Å². The molecule has 2 aliphatic carbocycles. The number of phenols is 1. The van der Waals surface area contributed by atoms with Gasteiger partial charge < -0.3 is 10.0 Å². The Bertz CT molecular complexity index is 536. The van der Waals surface area contributed by atoms with E-state index in [4.69, 9.17) is 0 Å². The molecule has 0 amide bonds. The predicted octanol–water partition coefficient (Wildman–Crippen LogP) is 1.91. The van der Waals surface area contributed by atoms with Gasteiger partial charge in [-0.2, -0.15) is 0 Å². The Hall–Kier alpha value is -1.02. The van der Waals surface area contributed by atoms with Crippen LogP contribution in [0.3, 0.4) is 0 Å². The minimum absolute atomic E-state index is 0.268. The lowest BCUT2D eigenvalue weighted by Gasteiger charge is -2.52. The van der Waals surface area contributed by atoms with Crippen molar-refractivity contribution in [3.8, 4) is 5.75 Å². The molecule has 0 aromatic heterocycles. The molecular weight excluding hydrogens is 246 g/mol. The van der Waals surface area contributed by atoms with E-state index in [0.717, 1.165) is 17.9 Å². The molecule has 1 aliphatic heterocycles. The largest absolute Gasteiger partial charge is 0.508 e. The minimum atomic E-state index is 0.268. The van der Waals surface area contributed by atoms with Crippen LogP contribution in [-0.4, -0.2) is 24.2 Å². The molecule has 2 nitrogen and oxygen atoms in total. The summed E-state index contributed by atoms with van der Waals surface area (Å²) in [4.78, 5) is 1.86. The number of aromatic hydroxyl groups is 1. The van der Waals surface area contributed by atoms with Gasteiger partial charge in [-0.3, -0.25) is 0 Å². The Morgan fingerprint density at radius 1 is 1.35 bits per heavy atom. The molecule has 0 spiro atoms. The van der Waals surface area contributed by atoms with Crippen LogP contribution in [0, 0.1) is 11.8 Å². The molecule has 4 rings (SSSR count). The highest BCUT2D eigenvalue weighted by atomic mass is 16.3. The van der Waals surface area contributed by atoms with Gasteiger partial charge in [0.25, 0.3) is 0 Å². The third kappa shape index (κ3) is 1.81. The van der Waals surface area contributed by atoms with Crippen LogP contribution in [-0.2, 0) is 11.8 Å². The summed E-state index contributed by atoms with van der Waals surface area (Å²) in [6.45, 7) is 7.59. The first-order valence-electron chi connectivity index (χ1n) is 8.25. The first-order valence-corrected chi connectivity index (χ1v) is 8.25. The number of hydrogen-bond donors (Lipinski definition) is 2. The van der Waals surface area contributed by atoms with Gasteiger partial charge in [-0.1, -0.05) is 19.9 Å². The number of piperidine rings is 1. The van der Waals surface area contributed by atoms with Crippen molar-refractivity contribution in [2.75, 3.05) is 13.1 Å². The zero-order chi connectivity index (χ0) is 13.9. The van der Waals surface area contributed by atoms with Crippen molar-refractivity contribution in [2.45, 2.75) is 51.0 Å². The number of phenolic OH excluding ortho intramolecular Hbond substituents is 1. The molecule has 2 fully saturated rings. The summed E-state index contributed by atoms with van der Waals surface area (Å²) in [6, 6.07) is 6.86. The van der Waals surface area contributed by atoms with E-state index in [1.807, 2.05) is 17.0 Å². The summed E-state index contributed by atoms with van der Waals surface area (Å²) in [6.07, 6.45) is 5.40. The molecule has 2 N–H and O–H groups in total. The molecule has 1 saturated carbocycles. The lowest BCUT2D eigenvalue weighted by atomic mass is 9.59. The van der Waals surface area contributed by atoms with Crippen LogP contribution < -0.4 is 4.90 Å². The predicted molar refractivity (Wildman–Crippen MR) is 80.2 cm³/mol. The molecule has 2 bridgehead atoms. The number of nitrogens with one attached hydrogen (secondary N) is 1. The Morgan fingerprint density at radius 3 is 2.90 bits per heavy atom. The maximum atomic E-state index is 9.86. The smallest absolute Gasteiger partial charge is 0.115 e. The molecule has 1 saturated heterocycles. The van der Waals surface area contributed by atoms with Crippen LogP contribution in [0.2, 0.25) is 0 Å². The van der Waals surface area contributed by atoms with Crippen LogP contribution in [0.5, 0.6) is 5.75 Å². The van der Waals surface area contributed by atoms with Crippen molar-refractivity contribution in [2.24, 2.45) is 11.8 Å². The summed E-state index contributed by atoms with van der Waals surface area (Å²) in [7, 11) is 0. The van der Waals surface area contributed by atoms with E-state index in [-0.39, 0.29) is 5.41 Å². The van der Waals surface area contributed by atoms with Gasteiger partial charge in [0.15, 0.2) is 0 Å². The first kappa shape index (κ1) is 12.7. The highest BCUT2D eigenvalue weighted by molar-refractivity contribution is 5.43. The fourth-order valence-corrected chi connectivity index (χ4v) is 4.79. The third-order valence-electron chi connectivity index (χ3n) is 6.49. The molecule has 108 valence electrons. The Morgan fingerprint density at radius 2 is 2.15 bits per heavy atom. The van der Waals surface area contributed by atoms with Gasteiger partial charge >= 0.3 is 0 Å². The van der Waals surface area contributed by atoms with Crippen LogP contribution in [0.25, 0.3) is 0 Å². The van der Waals surface area contributed by atoms with Crippen molar-refractivity contribution in [3.63, 3.8) is 0 Å². The van der Waals surface area contributed by atoms with Crippen molar-refractivity contribution in [1.29, 1.82) is 0 Å². The number of quaternary nitrogens is 1. The fourth-order valence-electron chi connectivity index (χ4n) is 4.79. The summed E-state index contributed by atoms with van der Waals surface area (Å²) in [5.41, 5.74) is 3.18. The van der Waals surface area contributed by atoms with E-state index in [0.29, 0.717) is 5.75 Å². The van der Waals surface area contributed by atoms with Gasteiger partial charge in [0.2, 0.25) is 0 Å². The van der Waals surface area contributed by atoms with Crippen molar-refractivity contribution in [1.82, 2.24) is 0 Å². The summed E-state index contributed by atoms with van der Waals surface area (Å²) < 4.78 is 0. The SMILES string of the molecule is C[C@@H]1[C@H]2Cc3ccc(O)cc3[C@]1(C)CC[NH+]2CC1CC1. The van der Waals surface area contributed by atoms with Crippen molar-refractivity contribution in [3.05, 3.63) is 29.3 Å². The molecule has 1 unspecified atom stereocenters. The summed E-state index contributed by atoms with van der Waals surface area (Å²) in [5.74, 6) is 2.17. The van der Waals surface area contributed by atoms with Crippen LogP contribution in [0.15, 0.2) is 18.2 Å². The van der Waals surface area contributed by atoms with E-state index in [1.54, 1.807) is 0 Å². The molecule has 4 atom stereocenters. The summed E-state index contributed by atoms with van der Waals surface area (Å²) >= 11 is 0. The number of hydrogen-bond acceptors (Lipinski definition) is 1. The quantitative estimate of drug-likeness (QED) is 0.844. The third-order valence-corrected chi connectivity index (χ3v) is 6.49. The van der Waals surface area contributed by atoms with Crippen LogP contribution in [0.1, 0.15) is 44.2 Å². The minimum Gasteiger partial charge on any atom is -0.508 e. The van der Waals surface area contributed by atoms with Gasteiger partial charge in [-0.25, -0.2) is 0 Å². The van der Waals surface area contributed by atoms with E-state index >= 15 is 0 Å². The average molecular weight is 272 g/mol. The highest BCUT2D eigenvalue weighted by Gasteiger charge is 2.51. The fraction of sp³-hybridized carbons (Fsp3) is 0.667. The van der Waals surface area contributed by atoms with Crippen LogP contribution >= 0.6 is 0 Å². The lowest BCUT2D eigenvalue weighted by molar-refractivity contribution is -0.938. The maximum absolute atomic E-state index is 9.86. The number of likely N-dealkylation sites (tertiary alicyclic amines) is 1. The van der Waals surface area contributed by atoms with Crippen molar-refractivity contribution >= 4 is 0 Å². The molecule has 3 aliphatic rings. The molecular formula is C18H26NO+. The molecule has 1 heterocycles. The second kappa shape index (κ2) is 4.24. The number of fused-ring (bicyclic) bond motifs is 4. The highest BCUT2D eigenvalue weighted by Crippen LogP contribution is 2.45. The van der Waals surface area contributed by atoms with Crippen molar-refractivity contribution < 1.29 is 10.0 Å². The van der Waals surface area contributed by atoms with E-state index < -0.39 is 0 Å². The monoisotopic (exact) mass is 272 g/mol. The molecule has 2 heteroatoms. The molecule has 1 aromatic carbocycles. The van der Waals surface area contributed by atoms with Gasteiger partial charge in [0.1, 0.15) is 5.75 Å². The average Bonchev–Trinajstić information content (AvgIpc) is 3.22. The van der Waals surface area contributed by atoms with Crippen LogP contribution in [0.4, 0.5) is 0 Å². The van der Waals surface area contributed by atoms with Gasteiger partial charge in [-0.05, 0) is 36.1 Å². The second-order valence-electron chi connectivity index (χ2n) is 7.66. The summed E-state index contributed by atoms with van der Waals surface area (Å²) in [5, 5.41) is 9.86.